The van der Waals surface area contributed by atoms with Crippen molar-refractivity contribution in [1.29, 1.82) is 5.26 Å². The van der Waals surface area contributed by atoms with Gasteiger partial charge in [-0.05, 0) is 36.8 Å². The zero-order chi connectivity index (χ0) is 24.7. The first-order valence-corrected chi connectivity index (χ1v) is 11.9. The number of anilines is 1. The smallest absolute Gasteiger partial charge is 0.337 e. The van der Waals surface area contributed by atoms with Gasteiger partial charge in [-0.3, -0.25) is 4.79 Å². The van der Waals surface area contributed by atoms with E-state index in [2.05, 4.69) is 23.3 Å². The molecule has 174 valence electrons. The summed E-state index contributed by atoms with van der Waals surface area (Å²) in [4.78, 5) is 25.4. The number of carbonyl (C=O) groups is 2. The van der Waals surface area contributed by atoms with E-state index in [-0.39, 0.29) is 18.3 Å². The molecule has 2 aromatic carbocycles. The second-order valence-electron chi connectivity index (χ2n) is 7.21. The van der Waals surface area contributed by atoms with Crippen molar-refractivity contribution in [3.8, 4) is 6.07 Å². The molecule has 0 aromatic heterocycles. The highest BCUT2D eigenvalue weighted by Gasteiger charge is 2.35. The Bertz CT molecular complexity index is 1220. The quantitative estimate of drug-likeness (QED) is 0.342. The number of thioether (sulfide) groups is 1. The van der Waals surface area contributed by atoms with Crippen molar-refractivity contribution >= 4 is 52.5 Å². The molecule has 1 aliphatic rings. The molecular formula is C25H21Cl2N3O3S. The number of esters is 1. The summed E-state index contributed by atoms with van der Waals surface area (Å²) in [6.45, 7) is 5.34. The van der Waals surface area contributed by atoms with Gasteiger partial charge in [-0.1, -0.05) is 71.9 Å². The molecule has 2 aromatic rings. The van der Waals surface area contributed by atoms with Crippen LogP contribution < -0.4 is 10.6 Å². The van der Waals surface area contributed by atoms with Crippen molar-refractivity contribution in [2.75, 3.05) is 17.7 Å². The number of nitrogens with one attached hydrogen (secondary N) is 2. The van der Waals surface area contributed by atoms with Crippen LogP contribution in [0.25, 0.3) is 0 Å². The second-order valence-corrected chi connectivity index (χ2v) is 9.04. The van der Waals surface area contributed by atoms with Gasteiger partial charge in [-0.15, -0.1) is 0 Å². The average Bonchev–Trinajstić information content (AvgIpc) is 2.82. The molecule has 34 heavy (non-hydrogen) atoms. The lowest BCUT2D eigenvalue weighted by molar-refractivity contribution is -0.138. The SMILES string of the molecule is C=CCOC(=O)C1=C(C)NC(SCC(=O)Nc2ccccc2Cl)=C(C#N)C1c1ccc(Cl)cc1. The van der Waals surface area contributed by atoms with Gasteiger partial charge < -0.3 is 15.4 Å². The first-order chi connectivity index (χ1) is 16.3. The molecule has 9 heteroatoms. The topological polar surface area (TPSA) is 91.2 Å². The second kappa shape index (κ2) is 11.8. The van der Waals surface area contributed by atoms with Gasteiger partial charge in [0, 0.05) is 10.7 Å². The standard InChI is InChI=1S/C25H21Cl2N3O3S/c1-3-12-33-25(32)22-15(2)29-24(18(13-28)23(22)16-8-10-17(26)11-9-16)34-14-21(31)30-20-7-5-4-6-19(20)27/h3-11,23,29H,1,12,14H2,2H3,(H,30,31). The first-order valence-electron chi connectivity index (χ1n) is 10.2. The number of rotatable bonds is 8. The van der Waals surface area contributed by atoms with Crippen LogP contribution in [0.15, 0.2) is 83.1 Å². The molecule has 1 unspecified atom stereocenters. The number of allylic oxidation sites excluding steroid dienone is 2. The lowest BCUT2D eigenvalue weighted by atomic mass is 9.82. The number of nitriles is 1. The van der Waals surface area contributed by atoms with Crippen LogP contribution in [0.1, 0.15) is 18.4 Å². The Hall–Kier alpha value is -3.18. The predicted octanol–water partition coefficient (Wildman–Crippen LogP) is 5.79. The molecule has 3 rings (SSSR count). The van der Waals surface area contributed by atoms with Crippen LogP contribution >= 0.6 is 35.0 Å². The average molecular weight is 514 g/mol. The van der Waals surface area contributed by atoms with Gasteiger partial charge in [-0.2, -0.15) is 5.26 Å². The highest BCUT2D eigenvalue weighted by molar-refractivity contribution is 8.03. The predicted molar refractivity (Wildman–Crippen MR) is 136 cm³/mol. The Morgan fingerprint density at radius 2 is 1.94 bits per heavy atom. The molecule has 0 spiro atoms. The van der Waals surface area contributed by atoms with E-state index in [1.165, 1.54) is 6.08 Å². The van der Waals surface area contributed by atoms with Gasteiger partial charge >= 0.3 is 5.97 Å². The minimum absolute atomic E-state index is 0.0234. The van der Waals surface area contributed by atoms with Crippen molar-refractivity contribution in [3.05, 3.63) is 98.7 Å². The fourth-order valence-corrected chi connectivity index (χ4v) is 4.59. The van der Waals surface area contributed by atoms with Crippen molar-refractivity contribution in [2.45, 2.75) is 12.8 Å². The van der Waals surface area contributed by atoms with E-state index in [1.54, 1.807) is 55.5 Å². The number of dihydropyridines is 1. The van der Waals surface area contributed by atoms with Crippen LogP contribution in [0.5, 0.6) is 0 Å². The minimum Gasteiger partial charge on any atom is -0.458 e. The summed E-state index contributed by atoms with van der Waals surface area (Å²) in [6, 6.07) is 16.0. The maximum atomic E-state index is 12.9. The normalized spacial score (nSPS) is 15.3. The number of benzene rings is 2. The molecule has 0 fully saturated rings. The van der Waals surface area contributed by atoms with Gasteiger partial charge in [-0.25, -0.2) is 4.79 Å². The van der Waals surface area contributed by atoms with Crippen molar-refractivity contribution in [1.82, 2.24) is 5.32 Å². The molecule has 6 nitrogen and oxygen atoms in total. The van der Waals surface area contributed by atoms with E-state index >= 15 is 0 Å². The van der Waals surface area contributed by atoms with Crippen LogP contribution in [0, 0.1) is 11.3 Å². The van der Waals surface area contributed by atoms with E-state index in [4.69, 9.17) is 27.9 Å². The van der Waals surface area contributed by atoms with Gasteiger partial charge in [0.2, 0.25) is 5.91 Å². The summed E-state index contributed by atoms with van der Waals surface area (Å²) in [5.74, 6) is -1.51. The molecule has 0 saturated heterocycles. The fourth-order valence-electron chi connectivity index (χ4n) is 3.38. The Morgan fingerprint density at radius 3 is 2.59 bits per heavy atom. The van der Waals surface area contributed by atoms with Crippen LogP contribution in [0.3, 0.4) is 0 Å². The van der Waals surface area contributed by atoms with Crippen LogP contribution in [-0.4, -0.2) is 24.2 Å². The zero-order valence-corrected chi connectivity index (χ0v) is 20.6. The third-order valence-electron chi connectivity index (χ3n) is 4.90. The van der Waals surface area contributed by atoms with E-state index in [0.29, 0.717) is 43.2 Å². The van der Waals surface area contributed by atoms with E-state index in [1.807, 2.05) is 0 Å². The number of halogens is 2. The number of hydrogen-bond donors (Lipinski definition) is 2. The van der Waals surface area contributed by atoms with E-state index < -0.39 is 11.9 Å². The number of nitrogens with zero attached hydrogens (tertiary/aromatic N) is 1. The molecule has 0 saturated carbocycles. The number of amides is 1. The molecular weight excluding hydrogens is 493 g/mol. The third kappa shape index (κ3) is 6.03. The van der Waals surface area contributed by atoms with Crippen molar-refractivity contribution < 1.29 is 14.3 Å². The van der Waals surface area contributed by atoms with Gasteiger partial charge in [0.15, 0.2) is 0 Å². The molecule has 2 N–H and O–H groups in total. The molecule has 1 atom stereocenters. The summed E-state index contributed by atoms with van der Waals surface area (Å²) >= 11 is 13.3. The van der Waals surface area contributed by atoms with E-state index in [0.717, 1.165) is 11.8 Å². The number of hydrogen-bond acceptors (Lipinski definition) is 6. The minimum atomic E-state index is -0.685. The number of ether oxygens (including phenoxy) is 1. The zero-order valence-electron chi connectivity index (χ0n) is 18.2. The van der Waals surface area contributed by atoms with Crippen molar-refractivity contribution in [3.63, 3.8) is 0 Å². The lowest BCUT2D eigenvalue weighted by Gasteiger charge is -2.29. The summed E-state index contributed by atoms with van der Waals surface area (Å²) < 4.78 is 5.28. The van der Waals surface area contributed by atoms with Crippen LogP contribution in [-0.2, 0) is 14.3 Å². The lowest BCUT2D eigenvalue weighted by Crippen LogP contribution is -2.29. The summed E-state index contributed by atoms with van der Waals surface area (Å²) in [5, 5.41) is 17.4. The monoisotopic (exact) mass is 513 g/mol. The number of para-hydroxylation sites is 1. The first kappa shape index (κ1) is 25.4. The Morgan fingerprint density at radius 1 is 1.24 bits per heavy atom. The van der Waals surface area contributed by atoms with Gasteiger partial charge in [0.25, 0.3) is 0 Å². The molecule has 0 bridgehead atoms. The summed E-state index contributed by atoms with van der Waals surface area (Å²) in [5.41, 5.74) is 2.34. The highest BCUT2D eigenvalue weighted by Crippen LogP contribution is 2.41. The largest absolute Gasteiger partial charge is 0.458 e. The van der Waals surface area contributed by atoms with Crippen LogP contribution in [0.4, 0.5) is 5.69 Å². The number of carbonyl (C=O) groups excluding carboxylic acids is 2. The van der Waals surface area contributed by atoms with E-state index in [9.17, 15) is 14.9 Å². The Kier molecular flexibility index (Phi) is 8.83. The molecule has 0 aliphatic carbocycles. The third-order valence-corrected chi connectivity index (χ3v) is 6.50. The molecule has 1 heterocycles. The Labute approximate surface area is 212 Å². The highest BCUT2D eigenvalue weighted by atomic mass is 35.5. The van der Waals surface area contributed by atoms with Gasteiger partial charge in [0.05, 0.1) is 44.6 Å². The summed E-state index contributed by atoms with van der Waals surface area (Å²) in [7, 11) is 0. The maximum Gasteiger partial charge on any atom is 0.337 e. The van der Waals surface area contributed by atoms with Crippen LogP contribution in [0.2, 0.25) is 10.0 Å². The van der Waals surface area contributed by atoms with Crippen molar-refractivity contribution in [2.24, 2.45) is 0 Å². The molecule has 1 amide bonds. The molecule has 1 aliphatic heterocycles. The Balaban J connectivity index is 1.90. The summed E-state index contributed by atoms with van der Waals surface area (Å²) in [6.07, 6.45) is 1.47. The van der Waals surface area contributed by atoms with Gasteiger partial charge in [0.1, 0.15) is 6.61 Å². The molecule has 0 radical (unpaired) electrons. The maximum absolute atomic E-state index is 12.9. The fraction of sp³-hybridized carbons (Fsp3) is 0.160.